The van der Waals surface area contributed by atoms with Crippen molar-refractivity contribution >= 4 is 11.8 Å². The number of likely N-dealkylation sites (tertiary alicyclic amines) is 2. The number of hydrogen-bond donors (Lipinski definition) is 2. The minimum absolute atomic E-state index is 0.0578. The average Bonchev–Trinajstić information content (AvgIpc) is 3.29. The highest BCUT2D eigenvalue weighted by molar-refractivity contribution is 6.03. The topological polar surface area (TPSA) is 96.1 Å². The molecule has 2 heterocycles. The van der Waals surface area contributed by atoms with E-state index >= 15 is 4.39 Å². The number of benzene rings is 2. The molecule has 0 saturated carbocycles. The predicted octanol–water partition coefficient (Wildman–Crippen LogP) is 4.51. The average molecular weight is 584 g/mol. The molecule has 1 unspecified atom stereocenters. The Morgan fingerprint density at radius 3 is 2.46 bits per heavy atom. The molecule has 7 nitrogen and oxygen atoms in total. The van der Waals surface area contributed by atoms with Crippen molar-refractivity contribution in [3.8, 4) is 16.9 Å². The summed E-state index contributed by atoms with van der Waals surface area (Å²) in [6.07, 6.45) is -3.21. The van der Waals surface area contributed by atoms with Crippen LogP contribution in [0.2, 0.25) is 0 Å². The molecular formula is C29H34F5N3O4. The maximum Gasteiger partial charge on any atom is 0.395 e. The smallest absolute Gasteiger partial charge is 0.395 e. The minimum Gasteiger partial charge on any atom is -0.492 e. The quantitative estimate of drug-likeness (QED) is 0.446. The van der Waals surface area contributed by atoms with Crippen LogP contribution in [0.15, 0.2) is 36.4 Å². The maximum absolute atomic E-state index is 15.4. The van der Waals surface area contributed by atoms with Crippen molar-refractivity contribution in [1.29, 1.82) is 0 Å². The third-order valence-electron chi connectivity index (χ3n) is 7.88. The van der Waals surface area contributed by atoms with Gasteiger partial charge in [0.25, 0.3) is 5.91 Å². The van der Waals surface area contributed by atoms with E-state index in [9.17, 15) is 32.3 Å². The summed E-state index contributed by atoms with van der Waals surface area (Å²) in [7, 11) is 0. The van der Waals surface area contributed by atoms with E-state index in [0.717, 1.165) is 29.9 Å². The molecule has 3 N–H and O–H groups in total. The van der Waals surface area contributed by atoms with Crippen molar-refractivity contribution in [1.82, 2.24) is 9.80 Å². The van der Waals surface area contributed by atoms with Crippen LogP contribution in [-0.2, 0) is 4.79 Å². The molecular weight excluding hydrogens is 549 g/mol. The number of nitrogens with two attached hydrogens (primary N) is 1. The summed E-state index contributed by atoms with van der Waals surface area (Å²) in [5.41, 5.74) is 2.85. The number of amides is 2. The van der Waals surface area contributed by atoms with E-state index in [1.54, 1.807) is 4.90 Å². The van der Waals surface area contributed by atoms with Gasteiger partial charge in [-0.3, -0.25) is 14.5 Å². The van der Waals surface area contributed by atoms with E-state index < -0.39 is 52.7 Å². The number of piperidine rings is 1. The molecule has 0 bridgehead atoms. The van der Waals surface area contributed by atoms with Crippen molar-refractivity contribution in [2.75, 3.05) is 26.2 Å². The van der Waals surface area contributed by atoms with Crippen molar-refractivity contribution in [3.05, 3.63) is 53.6 Å². The number of carbonyl (C=O) groups is 2. The maximum atomic E-state index is 15.4. The standard InChI is InChI=1S/C29H34F5N3O4/c1-28(2,29(32,33)34)16-36-11-4-3-6-17(36)15-41-19-9-10-20(23(31)13-19)21-7-5-8-22(30)25(21)27(40)37-14-18(38)12-24(37)26(35)39/h5,7-10,13,17-18,24,38H,3-4,6,11-12,14-16H2,1-2H3,(H2,35,39)/t17?,18-,24+/m1/s1. The summed E-state index contributed by atoms with van der Waals surface area (Å²) in [4.78, 5) is 27.9. The number of hydrogen-bond acceptors (Lipinski definition) is 5. The van der Waals surface area contributed by atoms with Crippen LogP contribution in [0.25, 0.3) is 11.1 Å². The number of primary amides is 1. The Morgan fingerprint density at radius 1 is 1.07 bits per heavy atom. The summed E-state index contributed by atoms with van der Waals surface area (Å²) < 4.78 is 76.6. The zero-order valence-corrected chi connectivity index (χ0v) is 22.9. The van der Waals surface area contributed by atoms with Crippen molar-refractivity contribution in [2.24, 2.45) is 11.1 Å². The third-order valence-corrected chi connectivity index (χ3v) is 7.88. The Hall–Kier alpha value is -3.25. The van der Waals surface area contributed by atoms with Gasteiger partial charge in [0, 0.05) is 42.7 Å². The number of halogens is 5. The molecule has 224 valence electrons. The van der Waals surface area contributed by atoms with E-state index in [2.05, 4.69) is 0 Å². The molecule has 2 amide bonds. The Morgan fingerprint density at radius 2 is 1.80 bits per heavy atom. The molecule has 41 heavy (non-hydrogen) atoms. The second-order valence-corrected chi connectivity index (χ2v) is 11.4. The van der Waals surface area contributed by atoms with Crippen molar-refractivity contribution in [2.45, 2.75) is 63.9 Å². The first-order valence-corrected chi connectivity index (χ1v) is 13.5. The molecule has 2 aliphatic heterocycles. The summed E-state index contributed by atoms with van der Waals surface area (Å²) in [5, 5.41) is 9.97. The number of rotatable bonds is 8. The molecule has 3 atom stereocenters. The lowest BCUT2D eigenvalue weighted by atomic mass is 9.89. The Kier molecular flexibility index (Phi) is 8.93. The molecule has 0 spiro atoms. The van der Waals surface area contributed by atoms with Gasteiger partial charge >= 0.3 is 6.18 Å². The van der Waals surface area contributed by atoms with E-state index in [1.165, 1.54) is 38.1 Å². The fraction of sp³-hybridized carbons (Fsp3) is 0.517. The Labute approximate surface area is 235 Å². The Balaban J connectivity index is 1.53. The highest BCUT2D eigenvalue weighted by Gasteiger charge is 2.49. The zero-order valence-electron chi connectivity index (χ0n) is 22.9. The van der Waals surface area contributed by atoms with Crippen LogP contribution >= 0.6 is 0 Å². The summed E-state index contributed by atoms with van der Waals surface area (Å²) in [6, 6.07) is 6.14. The van der Waals surface area contributed by atoms with E-state index in [0.29, 0.717) is 13.0 Å². The highest BCUT2D eigenvalue weighted by atomic mass is 19.4. The summed E-state index contributed by atoms with van der Waals surface area (Å²) in [5.74, 6) is -3.37. The molecule has 2 aromatic rings. The summed E-state index contributed by atoms with van der Waals surface area (Å²) >= 11 is 0. The number of alkyl halides is 3. The first-order valence-electron chi connectivity index (χ1n) is 13.5. The molecule has 4 rings (SSSR count). The summed E-state index contributed by atoms with van der Waals surface area (Å²) in [6.45, 7) is 2.48. The van der Waals surface area contributed by atoms with Gasteiger partial charge in [0.05, 0.1) is 17.1 Å². The number of aliphatic hydroxyl groups is 1. The lowest BCUT2D eigenvalue weighted by Gasteiger charge is -2.41. The second kappa shape index (κ2) is 11.9. The first kappa shape index (κ1) is 30.7. The lowest BCUT2D eigenvalue weighted by molar-refractivity contribution is -0.219. The zero-order chi connectivity index (χ0) is 30.1. The monoisotopic (exact) mass is 583 g/mol. The number of β-amino-alcohol motifs (C(OH)–C–C–N with tert-alkyl or cyclic N) is 1. The van der Waals surface area contributed by atoms with Gasteiger partial charge in [-0.25, -0.2) is 8.78 Å². The SMILES string of the molecule is CC(C)(CN1CCCCC1COc1ccc(-c2cccc(F)c2C(=O)N2C[C@H](O)C[C@H]2C(N)=O)c(F)c1)C(F)(F)F. The minimum atomic E-state index is -4.36. The number of ether oxygens (including phenoxy) is 1. The van der Waals surface area contributed by atoms with Crippen LogP contribution in [0.1, 0.15) is 49.9 Å². The third kappa shape index (κ3) is 6.64. The van der Waals surface area contributed by atoms with E-state index in [-0.39, 0.29) is 49.0 Å². The van der Waals surface area contributed by atoms with Crippen LogP contribution in [0.4, 0.5) is 22.0 Å². The van der Waals surface area contributed by atoms with Gasteiger partial charge in [0.1, 0.15) is 30.0 Å². The number of carbonyl (C=O) groups excluding carboxylic acids is 2. The number of nitrogens with zero attached hydrogens (tertiary/aromatic N) is 2. The largest absolute Gasteiger partial charge is 0.492 e. The molecule has 2 saturated heterocycles. The van der Waals surface area contributed by atoms with E-state index in [1.807, 2.05) is 0 Å². The highest BCUT2D eigenvalue weighted by Crippen LogP contribution is 2.39. The van der Waals surface area contributed by atoms with Crippen LogP contribution in [0.3, 0.4) is 0 Å². The van der Waals surface area contributed by atoms with E-state index in [4.69, 9.17) is 10.5 Å². The van der Waals surface area contributed by atoms with Crippen LogP contribution < -0.4 is 10.5 Å². The van der Waals surface area contributed by atoms with Crippen LogP contribution in [-0.4, -0.2) is 77.3 Å². The van der Waals surface area contributed by atoms with Gasteiger partial charge in [-0.2, -0.15) is 13.2 Å². The van der Waals surface area contributed by atoms with Crippen LogP contribution in [0, 0.1) is 17.0 Å². The fourth-order valence-corrected chi connectivity index (χ4v) is 5.47. The second-order valence-electron chi connectivity index (χ2n) is 11.4. The molecule has 0 radical (unpaired) electrons. The molecule has 2 fully saturated rings. The normalized spacial score (nSPS) is 22.1. The molecule has 0 aromatic heterocycles. The molecule has 2 aliphatic rings. The first-order chi connectivity index (χ1) is 19.2. The van der Waals surface area contributed by atoms with Gasteiger partial charge < -0.3 is 20.5 Å². The predicted molar refractivity (Wildman–Crippen MR) is 141 cm³/mol. The van der Waals surface area contributed by atoms with Gasteiger partial charge in [-0.1, -0.05) is 18.6 Å². The molecule has 0 aliphatic carbocycles. The van der Waals surface area contributed by atoms with Gasteiger partial charge in [-0.15, -0.1) is 0 Å². The van der Waals surface area contributed by atoms with Gasteiger partial charge in [0.2, 0.25) is 5.91 Å². The van der Waals surface area contributed by atoms with Crippen molar-refractivity contribution in [3.63, 3.8) is 0 Å². The Bertz CT molecular complexity index is 1290. The van der Waals surface area contributed by atoms with Crippen LogP contribution in [0.5, 0.6) is 5.75 Å². The van der Waals surface area contributed by atoms with Gasteiger partial charge in [-0.05, 0) is 51.4 Å². The fourth-order valence-electron chi connectivity index (χ4n) is 5.47. The molecule has 12 heteroatoms. The van der Waals surface area contributed by atoms with Gasteiger partial charge in [0.15, 0.2) is 0 Å². The van der Waals surface area contributed by atoms with Crippen molar-refractivity contribution < 1.29 is 41.4 Å². The number of aliphatic hydroxyl groups excluding tert-OH is 1. The lowest BCUT2D eigenvalue weighted by Crippen LogP contribution is -2.50. The molecule has 2 aromatic carbocycles.